The molecule has 0 aliphatic heterocycles. The minimum absolute atomic E-state index is 1.15. The van der Waals surface area contributed by atoms with Crippen LogP contribution in [0.5, 0.6) is 0 Å². The van der Waals surface area contributed by atoms with Gasteiger partial charge in [-0.25, -0.2) is 0 Å². The number of hydrogen-bond donors (Lipinski definition) is 0. The zero-order valence-corrected chi connectivity index (χ0v) is 13.2. The normalized spacial score (nSPS) is 10.4. The molecule has 0 unspecified atom stereocenters. The van der Waals surface area contributed by atoms with Crippen LogP contribution < -0.4 is 0 Å². The molecule has 0 amide bonds. The molecule has 0 N–H and O–H groups in total. The molecule has 2 heteroatoms. The zero-order chi connectivity index (χ0) is 13.9. The Kier molecular flexibility index (Phi) is 3.86. The number of thiophene rings is 1. The first-order chi connectivity index (χ1) is 9.78. The maximum atomic E-state index is 3.79. The second-order valence-electron chi connectivity index (χ2n) is 4.48. The van der Waals surface area contributed by atoms with Gasteiger partial charge >= 0.3 is 0 Å². The summed E-state index contributed by atoms with van der Waals surface area (Å²) >= 11 is 5.48. The molecule has 20 heavy (non-hydrogen) atoms. The lowest BCUT2D eigenvalue weighted by Gasteiger charge is -1.99. The summed E-state index contributed by atoms with van der Waals surface area (Å²) in [5.41, 5.74) is 3.63. The summed E-state index contributed by atoms with van der Waals surface area (Å²) in [5.74, 6) is 0. The third-order valence-corrected chi connectivity index (χ3v) is 5.27. The van der Waals surface area contributed by atoms with Crippen LogP contribution in [0.25, 0.3) is 27.0 Å². The van der Waals surface area contributed by atoms with Crippen molar-refractivity contribution < 1.29 is 0 Å². The molecule has 0 radical (unpaired) electrons. The molecule has 0 aliphatic carbocycles. The van der Waals surface area contributed by atoms with E-state index in [2.05, 4.69) is 77.1 Å². The van der Waals surface area contributed by atoms with Gasteiger partial charge in [-0.2, -0.15) is 0 Å². The highest BCUT2D eigenvalue weighted by atomic mass is 79.9. The van der Waals surface area contributed by atoms with Crippen LogP contribution >= 0.6 is 27.3 Å². The van der Waals surface area contributed by atoms with E-state index in [1.54, 1.807) is 11.3 Å². The minimum atomic E-state index is 1.15. The van der Waals surface area contributed by atoms with Gasteiger partial charge in [0.15, 0.2) is 0 Å². The Hall–Kier alpha value is -1.64. The fraction of sp³-hybridized carbons (Fsp3) is 0. The number of benzene rings is 2. The van der Waals surface area contributed by atoms with Crippen LogP contribution in [0.2, 0.25) is 0 Å². The maximum Gasteiger partial charge on any atom is 0.0491 e. The first kappa shape index (κ1) is 13.3. The highest BCUT2D eigenvalue weighted by Gasteiger charge is 2.10. The van der Waals surface area contributed by atoms with Gasteiger partial charge in [-0.15, -0.1) is 11.3 Å². The Balaban J connectivity index is 2.01. The van der Waals surface area contributed by atoms with Gasteiger partial charge in [-0.05, 0) is 38.7 Å². The predicted molar refractivity (Wildman–Crippen MR) is 93.0 cm³/mol. The van der Waals surface area contributed by atoms with Gasteiger partial charge in [0.25, 0.3) is 0 Å². The zero-order valence-electron chi connectivity index (χ0n) is 10.8. The number of halogens is 1. The summed E-state index contributed by atoms with van der Waals surface area (Å²) in [6.45, 7) is 3.79. The third kappa shape index (κ3) is 2.62. The molecular weight excluding hydrogens is 328 g/mol. The van der Waals surface area contributed by atoms with Crippen molar-refractivity contribution in [1.29, 1.82) is 0 Å². The molecule has 0 saturated heterocycles. The van der Waals surface area contributed by atoms with Crippen LogP contribution in [0.4, 0.5) is 0 Å². The summed E-state index contributed by atoms with van der Waals surface area (Å²) < 4.78 is 1.15. The van der Waals surface area contributed by atoms with E-state index in [0.717, 1.165) is 10.0 Å². The molecule has 1 heterocycles. The number of hydrogen-bond acceptors (Lipinski definition) is 1. The molecule has 0 saturated carbocycles. The van der Waals surface area contributed by atoms with E-state index in [0.29, 0.717) is 0 Å². The van der Waals surface area contributed by atoms with E-state index in [9.17, 15) is 0 Å². The van der Waals surface area contributed by atoms with Gasteiger partial charge in [0.1, 0.15) is 0 Å². The summed E-state index contributed by atoms with van der Waals surface area (Å²) in [4.78, 5) is 2.54. The minimum Gasteiger partial charge on any atom is -0.134 e. The Morgan fingerprint density at radius 1 is 0.900 bits per heavy atom. The molecule has 0 fully saturated rings. The van der Waals surface area contributed by atoms with E-state index >= 15 is 0 Å². The molecule has 3 aromatic rings. The van der Waals surface area contributed by atoms with Gasteiger partial charge in [0.2, 0.25) is 0 Å². The van der Waals surface area contributed by atoms with Gasteiger partial charge in [0.05, 0.1) is 0 Å². The Morgan fingerprint density at radius 2 is 1.60 bits per heavy atom. The molecule has 0 atom stereocenters. The summed E-state index contributed by atoms with van der Waals surface area (Å²) in [5, 5.41) is 0. The fourth-order valence-electron chi connectivity index (χ4n) is 2.08. The van der Waals surface area contributed by atoms with E-state index in [-0.39, 0.29) is 0 Å². The molecular formula is C18H13BrS. The van der Waals surface area contributed by atoms with Crippen molar-refractivity contribution >= 4 is 33.3 Å². The summed E-state index contributed by atoms with van der Waals surface area (Å²) in [7, 11) is 0. The largest absolute Gasteiger partial charge is 0.134 e. The van der Waals surface area contributed by atoms with Crippen LogP contribution in [0.1, 0.15) is 5.56 Å². The smallest absolute Gasteiger partial charge is 0.0491 e. The van der Waals surface area contributed by atoms with Gasteiger partial charge in [-0.3, -0.25) is 0 Å². The summed E-state index contributed by atoms with van der Waals surface area (Å²) in [6, 6.07) is 21.1. The highest BCUT2D eigenvalue weighted by molar-refractivity contribution is 9.10. The fourth-order valence-corrected chi connectivity index (χ4v) is 3.99. The topological polar surface area (TPSA) is 0 Å². The maximum absolute atomic E-state index is 3.79. The Bertz CT molecular complexity index is 724. The van der Waals surface area contributed by atoms with E-state index < -0.39 is 0 Å². The second kappa shape index (κ2) is 5.78. The van der Waals surface area contributed by atoms with E-state index in [1.807, 2.05) is 12.1 Å². The average Bonchev–Trinajstić information content (AvgIpc) is 2.90. The van der Waals surface area contributed by atoms with Crippen molar-refractivity contribution in [3.63, 3.8) is 0 Å². The molecule has 98 valence electrons. The van der Waals surface area contributed by atoms with Crippen molar-refractivity contribution in [1.82, 2.24) is 0 Å². The molecule has 0 bridgehead atoms. The lowest BCUT2D eigenvalue weighted by atomic mass is 10.1. The molecule has 2 aromatic carbocycles. The molecule has 0 nitrogen and oxygen atoms in total. The van der Waals surface area contributed by atoms with E-state index in [1.165, 1.54) is 20.9 Å². The average molecular weight is 341 g/mol. The van der Waals surface area contributed by atoms with Crippen molar-refractivity contribution in [2.45, 2.75) is 0 Å². The lowest BCUT2D eigenvalue weighted by molar-refractivity contribution is 1.65. The van der Waals surface area contributed by atoms with Crippen molar-refractivity contribution in [2.24, 2.45) is 0 Å². The SMILES string of the molecule is C=Cc1ccc(-c2cc(Br)c(-c3ccccc3)s2)cc1. The van der Waals surface area contributed by atoms with Crippen molar-refractivity contribution in [3.8, 4) is 20.9 Å². The van der Waals surface area contributed by atoms with Crippen LogP contribution in [0.15, 0.2) is 71.7 Å². The van der Waals surface area contributed by atoms with Gasteiger partial charge in [-0.1, -0.05) is 67.3 Å². The molecule has 1 aromatic heterocycles. The quantitative estimate of drug-likeness (QED) is 0.511. The van der Waals surface area contributed by atoms with Crippen LogP contribution in [0, 0.1) is 0 Å². The first-order valence-electron chi connectivity index (χ1n) is 6.35. The number of rotatable bonds is 3. The van der Waals surface area contributed by atoms with Crippen molar-refractivity contribution in [3.05, 3.63) is 77.3 Å². The van der Waals surface area contributed by atoms with Crippen LogP contribution in [0.3, 0.4) is 0 Å². The van der Waals surface area contributed by atoms with Crippen LogP contribution in [-0.4, -0.2) is 0 Å². The molecule has 3 rings (SSSR count). The third-order valence-electron chi connectivity index (χ3n) is 3.15. The monoisotopic (exact) mass is 340 g/mol. The van der Waals surface area contributed by atoms with Crippen LogP contribution in [-0.2, 0) is 0 Å². The first-order valence-corrected chi connectivity index (χ1v) is 7.96. The lowest BCUT2D eigenvalue weighted by Crippen LogP contribution is -1.73. The molecule has 0 spiro atoms. The molecule has 0 aliphatic rings. The van der Waals surface area contributed by atoms with Gasteiger partial charge < -0.3 is 0 Å². The standard InChI is InChI=1S/C18H13BrS/c1-2-13-8-10-14(11-9-13)17-12-16(19)18(20-17)15-6-4-3-5-7-15/h2-12H,1H2. The van der Waals surface area contributed by atoms with Crippen molar-refractivity contribution in [2.75, 3.05) is 0 Å². The van der Waals surface area contributed by atoms with Gasteiger partial charge in [0, 0.05) is 14.2 Å². The highest BCUT2D eigenvalue weighted by Crippen LogP contribution is 2.40. The van der Waals surface area contributed by atoms with E-state index in [4.69, 9.17) is 0 Å². The Morgan fingerprint density at radius 3 is 2.25 bits per heavy atom. The Labute approximate surface area is 131 Å². The second-order valence-corrected chi connectivity index (χ2v) is 6.39. The summed E-state index contributed by atoms with van der Waals surface area (Å²) in [6.07, 6.45) is 1.86. The predicted octanol–water partition coefficient (Wildman–Crippen LogP) is 6.49.